The lowest BCUT2D eigenvalue weighted by molar-refractivity contribution is 0.0952. The summed E-state index contributed by atoms with van der Waals surface area (Å²) in [7, 11) is 1.88. The van der Waals surface area contributed by atoms with Gasteiger partial charge in [-0.05, 0) is 37.5 Å². The van der Waals surface area contributed by atoms with Gasteiger partial charge in [0.25, 0.3) is 5.91 Å². The molecule has 1 aliphatic rings. The van der Waals surface area contributed by atoms with Gasteiger partial charge in [-0.15, -0.1) is 0 Å². The summed E-state index contributed by atoms with van der Waals surface area (Å²) in [4.78, 5) is 18.0. The van der Waals surface area contributed by atoms with Crippen molar-refractivity contribution in [3.8, 4) is 5.75 Å². The normalized spacial score (nSPS) is 13.3. The van der Waals surface area contributed by atoms with Crippen molar-refractivity contribution in [2.45, 2.75) is 38.8 Å². The maximum absolute atomic E-state index is 13.3. The van der Waals surface area contributed by atoms with Crippen molar-refractivity contribution < 1.29 is 9.53 Å². The maximum atomic E-state index is 13.3. The molecular formula is C26H26N4O2. The highest BCUT2D eigenvalue weighted by atomic mass is 16.5. The first-order valence-corrected chi connectivity index (χ1v) is 11.0. The Bertz CT molecular complexity index is 1280. The number of fused-ring (bicyclic) bond motifs is 1. The lowest BCUT2D eigenvalue weighted by Gasteiger charge is -2.13. The van der Waals surface area contributed by atoms with Gasteiger partial charge in [-0.25, -0.2) is 4.98 Å². The van der Waals surface area contributed by atoms with E-state index in [1.54, 1.807) is 4.68 Å². The highest BCUT2D eigenvalue weighted by molar-refractivity contribution is 6.06. The van der Waals surface area contributed by atoms with Gasteiger partial charge in [0.05, 0.1) is 16.6 Å². The number of aryl methyl sites for hydroxylation is 2. The number of carbonyl (C=O) groups excluding carboxylic acids is 1. The Morgan fingerprint density at radius 2 is 1.88 bits per heavy atom. The third-order valence-electron chi connectivity index (χ3n) is 5.88. The largest absolute Gasteiger partial charge is 0.489 e. The topological polar surface area (TPSA) is 69.0 Å². The number of pyridine rings is 1. The molecule has 1 saturated carbocycles. The second-order valence-corrected chi connectivity index (χ2v) is 8.34. The molecule has 1 aliphatic carbocycles. The molecule has 2 aromatic heterocycles. The van der Waals surface area contributed by atoms with Gasteiger partial charge in [-0.1, -0.05) is 48.5 Å². The minimum Gasteiger partial charge on any atom is -0.489 e. The van der Waals surface area contributed by atoms with E-state index < -0.39 is 0 Å². The number of ether oxygens (including phenoxy) is 1. The summed E-state index contributed by atoms with van der Waals surface area (Å²) in [5.41, 5.74) is 5.25. The number of amides is 1. The molecule has 162 valence electrons. The monoisotopic (exact) mass is 426 g/mol. The van der Waals surface area contributed by atoms with Gasteiger partial charge in [0.2, 0.25) is 0 Å². The molecule has 1 N–H and O–H groups in total. The zero-order chi connectivity index (χ0) is 22.1. The quantitative estimate of drug-likeness (QED) is 0.467. The number of nitrogens with zero attached hydrogens (tertiary/aromatic N) is 3. The first-order chi connectivity index (χ1) is 15.6. The summed E-state index contributed by atoms with van der Waals surface area (Å²) in [6, 6.07) is 19.8. The van der Waals surface area contributed by atoms with Crippen LogP contribution in [0.25, 0.3) is 11.0 Å². The standard InChI is InChI=1S/C26H26N4O2/c1-17-24-21(14-22(19-12-13-19)28-25(24)30(2)29-17)26(31)27-15-20-10-6-7-11-23(20)32-16-18-8-4-3-5-9-18/h3-11,14,19H,12-13,15-16H2,1-2H3,(H,27,31). The molecule has 4 aromatic rings. The van der Waals surface area contributed by atoms with Gasteiger partial charge in [0.1, 0.15) is 12.4 Å². The number of benzene rings is 2. The van der Waals surface area contributed by atoms with Gasteiger partial charge in [-0.2, -0.15) is 5.10 Å². The lowest BCUT2D eigenvalue weighted by atomic mass is 10.1. The van der Waals surface area contributed by atoms with Crippen molar-refractivity contribution in [2.24, 2.45) is 7.05 Å². The number of hydrogen-bond acceptors (Lipinski definition) is 4. The predicted octanol–water partition coefficient (Wildman–Crippen LogP) is 4.66. The van der Waals surface area contributed by atoms with Crippen LogP contribution in [0.4, 0.5) is 0 Å². The molecule has 2 heterocycles. The van der Waals surface area contributed by atoms with E-state index in [-0.39, 0.29) is 5.91 Å². The number of nitrogens with one attached hydrogen (secondary N) is 1. The summed E-state index contributed by atoms with van der Waals surface area (Å²) in [6.07, 6.45) is 2.26. The third-order valence-corrected chi connectivity index (χ3v) is 5.88. The Morgan fingerprint density at radius 1 is 1.12 bits per heavy atom. The zero-order valence-electron chi connectivity index (χ0n) is 18.3. The second-order valence-electron chi connectivity index (χ2n) is 8.34. The van der Waals surface area contributed by atoms with E-state index in [1.807, 2.05) is 74.6 Å². The van der Waals surface area contributed by atoms with Crippen molar-refractivity contribution in [3.63, 3.8) is 0 Å². The summed E-state index contributed by atoms with van der Waals surface area (Å²) < 4.78 is 7.80. The van der Waals surface area contributed by atoms with Gasteiger partial charge in [0, 0.05) is 30.8 Å². The van der Waals surface area contributed by atoms with Crippen LogP contribution >= 0.6 is 0 Å². The highest BCUT2D eigenvalue weighted by Gasteiger charge is 2.28. The minimum atomic E-state index is -0.117. The molecule has 6 heteroatoms. The van der Waals surface area contributed by atoms with Crippen LogP contribution < -0.4 is 10.1 Å². The predicted molar refractivity (Wildman–Crippen MR) is 124 cm³/mol. The van der Waals surface area contributed by atoms with E-state index in [1.165, 1.54) is 0 Å². The van der Waals surface area contributed by atoms with E-state index >= 15 is 0 Å². The molecule has 0 atom stereocenters. The van der Waals surface area contributed by atoms with Crippen LogP contribution in [0.2, 0.25) is 0 Å². The van der Waals surface area contributed by atoms with E-state index in [0.717, 1.165) is 52.1 Å². The summed E-state index contributed by atoms with van der Waals surface area (Å²) >= 11 is 0. The molecular weight excluding hydrogens is 400 g/mol. The fourth-order valence-corrected chi connectivity index (χ4v) is 4.03. The first-order valence-electron chi connectivity index (χ1n) is 11.0. The maximum Gasteiger partial charge on any atom is 0.252 e. The number of hydrogen-bond donors (Lipinski definition) is 1. The smallest absolute Gasteiger partial charge is 0.252 e. The first kappa shape index (κ1) is 20.2. The van der Waals surface area contributed by atoms with Crippen LogP contribution in [-0.2, 0) is 20.2 Å². The van der Waals surface area contributed by atoms with Crippen LogP contribution in [0.15, 0.2) is 60.7 Å². The molecule has 5 rings (SSSR count). The van der Waals surface area contributed by atoms with Crippen molar-refractivity contribution in [1.82, 2.24) is 20.1 Å². The Labute approximate surface area is 187 Å². The van der Waals surface area contributed by atoms with E-state index in [2.05, 4.69) is 10.4 Å². The van der Waals surface area contributed by atoms with Crippen molar-refractivity contribution >= 4 is 16.9 Å². The minimum absolute atomic E-state index is 0.117. The molecule has 0 spiro atoms. The van der Waals surface area contributed by atoms with Gasteiger partial charge in [-0.3, -0.25) is 9.48 Å². The van der Waals surface area contributed by atoms with E-state index in [4.69, 9.17) is 9.72 Å². The molecule has 0 unspecified atom stereocenters. The Balaban J connectivity index is 1.36. The lowest BCUT2D eigenvalue weighted by Crippen LogP contribution is -2.24. The molecule has 1 fully saturated rings. The van der Waals surface area contributed by atoms with Gasteiger partial charge in [0.15, 0.2) is 5.65 Å². The summed E-state index contributed by atoms with van der Waals surface area (Å²) in [6.45, 7) is 2.78. The molecule has 32 heavy (non-hydrogen) atoms. The van der Waals surface area contributed by atoms with Crippen LogP contribution in [0.1, 0.15) is 51.6 Å². The highest BCUT2D eigenvalue weighted by Crippen LogP contribution is 2.40. The number of aromatic nitrogens is 3. The Kier molecular flexibility index (Phi) is 5.35. The van der Waals surface area contributed by atoms with E-state index in [9.17, 15) is 4.79 Å². The Hall–Kier alpha value is -3.67. The molecule has 0 saturated heterocycles. The fraction of sp³-hybridized carbons (Fsp3) is 0.269. The summed E-state index contributed by atoms with van der Waals surface area (Å²) in [5, 5.41) is 8.40. The zero-order valence-corrected chi connectivity index (χ0v) is 18.3. The molecule has 2 aromatic carbocycles. The van der Waals surface area contributed by atoms with Crippen molar-refractivity contribution in [3.05, 3.63) is 88.7 Å². The number of para-hydroxylation sites is 1. The molecule has 0 aliphatic heterocycles. The van der Waals surface area contributed by atoms with E-state index in [0.29, 0.717) is 24.6 Å². The fourth-order valence-electron chi connectivity index (χ4n) is 4.03. The average Bonchev–Trinajstić information content (AvgIpc) is 3.63. The molecule has 1 amide bonds. The number of carbonyl (C=O) groups is 1. The van der Waals surface area contributed by atoms with Crippen LogP contribution in [0.3, 0.4) is 0 Å². The number of rotatable bonds is 7. The average molecular weight is 427 g/mol. The second kappa shape index (κ2) is 8.46. The molecule has 6 nitrogen and oxygen atoms in total. The summed E-state index contributed by atoms with van der Waals surface area (Å²) in [5.74, 6) is 1.11. The van der Waals surface area contributed by atoms with Crippen LogP contribution in [-0.4, -0.2) is 20.7 Å². The van der Waals surface area contributed by atoms with Gasteiger partial charge < -0.3 is 10.1 Å². The van der Waals surface area contributed by atoms with Crippen LogP contribution in [0.5, 0.6) is 5.75 Å². The molecule has 0 bridgehead atoms. The molecule has 0 radical (unpaired) electrons. The van der Waals surface area contributed by atoms with Gasteiger partial charge >= 0.3 is 0 Å². The van der Waals surface area contributed by atoms with Crippen molar-refractivity contribution in [1.29, 1.82) is 0 Å². The van der Waals surface area contributed by atoms with Crippen LogP contribution in [0, 0.1) is 6.92 Å². The van der Waals surface area contributed by atoms with Crippen molar-refractivity contribution in [2.75, 3.05) is 0 Å². The SMILES string of the molecule is Cc1nn(C)c2nc(C3CC3)cc(C(=O)NCc3ccccc3OCc3ccccc3)c12. The Morgan fingerprint density at radius 3 is 2.66 bits per heavy atom. The third kappa shape index (κ3) is 4.08.